The van der Waals surface area contributed by atoms with Gasteiger partial charge in [-0.3, -0.25) is 4.79 Å². The van der Waals surface area contributed by atoms with Gasteiger partial charge in [-0.2, -0.15) is 4.91 Å². The molecule has 0 saturated heterocycles. The van der Waals surface area contributed by atoms with Crippen molar-refractivity contribution in [3.63, 3.8) is 0 Å². The third-order valence-electron chi connectivity index (χ3n) is 2.64. The van der Waals surface area contributed by atoms with Crippen LogP contribution in [0.15, 0.2) is 5.18 Å². The monoisotopic (exact) mass is 155 g/mol. The largest absolute Gasteiger partial charge is 0.298 e. The molecule has 0 bridgehead atoms. The molecule has 0 spiro atoms. The molecule has 3 nitrogen and oxygen atoms in total. The van der Waals surface area contributed by atoms with Gasteiger partial charge in [-0.15, -0.1) is 0 Å². The lowest BCUT2D eigenvalue weighted by Gasteiger charge is -2.51. The number of nitroso groups, excluding NO2 is 1. The highest BCUT2D eigenvalue weighted by Crippen LogP contribution is 2.51. The smallest absolute Gasteiger partial charge is 0.148 e. The SMILES string of the molecule is CC1(C)C(=O)C(C)(C)C1N=O. The fraction of sp³-hybridized carbons (Fsp3) is 0.875. The van der Waals surface area contributed by atoms with Gasteiger partial charge >= 0.3 is 0 Å². The predicted molar refractivity (Wildman–Crippen MR) is 42.2 cm³/mol. The first kappa shape index (κ1) is 8.37. The number of carbonyl (C=O) groups excluding carboxylic acids is 1. The van der Waals surface area contributed by atoms with Crippen LogP contribution < -0.4 is 0 Å². The molecule has 0 aromatic heterocycles. The molecule has 1 aliphatic rings. The van der Waals surface area contributed by atoms with Gasteiger partial charge in [-0.25, -0.2) is 0 Å². The molecule has 1 saturated carbocycles. The van der Waals surface area contributed by atoms with E-state index < -0.39 is 10.8 Å². The van der Waals surface area contributed by atoms with E-state index in [9.17, 15) is 9.70 Å². The third kappa shape index (κ3) is 0.767. The summed E-state index contributed by atoms with van der Waals surface area (Å²) in [6.45, 7) is 7.08. The Morgan fingerprint density at radius 2 is 1.55 bits per heavy atom. The van der Waals surface area contributed by atoms with Crippen molar-refractivity contribution < 1.29 is 4.79 Å². The second-order valence-corrected chi connectivity index (χ2v) is 4.28. The Kier molecular flexibility index (Phi) is 1.44. The lowest BCUT2D eigenvalue weighted by atomic mass is 9.51. The second-order valence-electron chi connectivity index (χ2n) is 4.28. The zero-order valence-corrected chi connectivity index (χ0v) is 7.34. The summed E-state index contributed by atoms with van der Waals surface area (Å²) >= 11 is 0. The topological polar surface area (TPSA) is 46.5 Å². The second kappa shape index (κ2) is 1.90. The molecular weight excluding hydrogens is 142 g/mol. The zero-order chi connectivity index (χ0) is 8.86. The number of hydrogen-bond acceptors (Lipinski definition) is 3. The van der Waals surface area contributed by atoms with Crippen LogP contribution in [0.3, 0.4) is 0 Å². The fourth-order valence-electron chi connectivity index (χ4n) is 2.17. The molecule has 3 heteroatoms. The quantitative estimate of drug-likeness (QED) is 0.541. The average molecular weight is 155 g/mol. The van der Waals surface area contributed by atoms with Crippen LogP contribution in [-0.2, 0) is 4.79 Å². The Morgan fingerprint density at radius 3 is 1.73 bits per heavy atom. The van der Waals surface area contributed by atoms with Crippen LogP contribution in [0.2, 0.25) is 0 Å². The summed E-state index contributed by atoms with van der Waals surface area (Å²) in [6, 6.07) is -0.359. The first-order valence-electron chi connectivity index (χ1n) is 3.72. The van der Waals surface area contributed by atoms with Crippen molar-refractivity contribution in [1.82, 2.24) is 0 Å². The van der Waals surface area contributed by atoms with Crippen molar-refractivity contribution >= 4 is 5.78 Å². The van der Waals surface area contributed by atoms with Crippen molar-refractivity contribution in [1.29, 1.82) is 0 Å². The van der Waals surface area contributed by atoms with Crippen molar-refractivity contribution in [3.05, 3.63) is 4.91 Å². The number of carbonyl (C=O) groups is 1. The van der Waals surface area contributed by atoms with Crippen LogP contribution in [0.1, 0.15) is 27.7 Å². The number of ketones is 1. The van der Waals surface area contributed by atoms with E-state index in [4.69, 9.17) is 0 Å². The highest BCUT2D eigenvalue weighted by Gasteiger charge is 2.62. The van der Waals surface area contributed by atoms with Crippen molar-refractivity contribution in [2.24, 2.45) is 16.0 Å². The molecule has 0 atom stereocenters. The van der Waals surface area contributed by atoms with Gasteiger partial charge < -0.3 is 0 Å². The minimum absolute atomic E-state index is 0.134. The molecule has 0 aliphatic heterocycles. The molecule has 62 valence electrons. The molecule has 0 aromatic carbocycles. The number of hydrogen-bond donors (Lipinski definition) is 0. The molecule has 11 heavy (non-hydrogen) atoms. The first-order valence-corrected chi connectivity index (χ1v) is 3.72. The Morgan fingerprint density at radius 1 is 1.18 bits per heavy atom. The minimum atomic E-state index is -0.536. The van der Waals surface area contributed by atoms with Gasteiger partial charge in [-0.1, -0.05) is 32.9 Å². The summed E-state index contributed by atoms with van der Waals surface area (Å²) in [5, 5.41) is 2.98. The average Bonchev–Trinajstić information content (AvgIpc) is 1.86. The molecular formula is C8H13NO2. The molecule has 0 aromatic rings. The van der Waals surface area contributed by atoms with E-state index in [2.05, 4.69) is 5.18 Å². The Hall–Kier alpha value is -0.730. The molecule has 1 rings (SSSR count). The molecule has 0 amide bonds. The van der Waals surface area contributed by atoms with Crippen LogP contribution in [0.25, 0.3) is 0 Å². The minimum Gasteiger partial charge on any atom is -0.298 e. The van der Waals surface area contributed by atoms with Crippen LogP contribution in [0, 0.1) is 15.7 Å². The Bertz CT molecular complexity index is 200. The molecule has 1 aliphatic carbocycles. The van der Waals surface area contributed by atoms with Gasteiger partial charge in [0.1, 0.15) is 11.8 Å². The Labute approximate surface area is 66.1 Å². The zero-order valence-electron chi connectivity index (χ0n) is 7.34. The third-order valence-corrected chi connectivity index (χ3v) is 2.64. The summed E-state index contributed by atoms with van der Waals surface area (Å²) < 4.78 is 0. The van der Waals surface area contributed by atoms with Gasteiger partial charge in [0.05, 0.1) is 10.8 Å². The lowest BCUT2D eigenvalue weighted by Crippen LogP contribution is -2.63. The number of Topliss-reactive ketones (excluding diaryl/α,β-unsaturated/α-hetero) is 1. The van der Waals surface area contributed by atoms with Gasteiger partial charge in [0.2, 0.25) is 0 Å². The van der Waals surface area contributed by atoms with E-state index in [0.29, 0.717) is 0 Å². The lowest BCUT2D eigenvalue weighted by molar-refractivity contribution is -0.155. The summed E-state index contributed by atoms with van der Waals surface area (Å²) in [5.41, 5.74) is -1.07. The van der Waals surface area contributed by atoms with Crippen molar-refractivity contribution in [2.45, 2.75) is 33.7 Å². The standard InChI is InChI=1S/C8H13NO2/c1-7(2)5(9-11)8(3,4)6(7)10/h5H,1-4H3. The predicted octanol–water partition coefficient (Wildman–Crippen LogP) is 1.76. The molecule has 0 heterocycles. The van der Waals surface area contributed by atoms with E-state index in [-0.39, 0.29) is 11.8 Å². The van der Waals surface area contributed by atoms with Crippen LogP contribution in [0.4, 0.5) is 0 Å². The Balaban J connectivity index is 2.96. The van der Waals surface area contributed by atoms with Gasteiger partial charge in [0.15, 0.2) is 0 Å². The number of rotatable bonds is 1. The number of nitrogens with zero attached hydrogens (tertiary/aromatic N) is 1. The highest BCUT2D eigenvalue weighted by atomic mass is 16.3. The highest BCUT2D eigenvalue weighted by molar-refractivity contribution is 5.97. The summed E-state index contributed by atoms with van der Waals surface area (Å²) in [6.07, 6.45) is 0. The van der Waals surface area contributed by atoms with E-state index in [1.165, 1.54) is 0 Å². The first-order chi connectivity index (χ1) is 4.85. The molecule has 1 fully saturated rings. The van der Waals surface area contributed by atoms with Crippen molar-refractivity contribution in [3.8, 4) is 0 Å². The van der Waals surface area contributed by atoms with Crippen LogP contribution in [-0.4, -0.2) is 11.8 Å². The maximum absolute atomic E-state index is 11.4. The van der Waals surface area contributed by atoms with E-state index >= 15 is 0 Å². The normalized spacial score (nSPS) is 27.8. The molecule has 0 N–H and O–H groups in total. The summed E-state index contributed by atoms with van der Waals surface area (Å²) in [4.78, 5) is 21.7. The maximum Gasteiger partial charge on any atom is 0.148 e. The van der Waals surface area contributed by atoms with E-state index in [1.54, 1.807) is 27.7 Å². The molecule has 0 radical (unpaired) electrons. The molecule has 0 unspecified atom stereocenters. The van der Waals surface area contributed by atoms with Gasteiger partial charge in [-0.05, 0) is 0 Å². The van der Waals surface area contributed by atoms with Crippen LogP contribution >= 0.6 is 0 Å². The van der Waals surface area contributed by atoms with Crippen molar-refractivity contribution in [2.75, 3.05) is 0 Å². The van der Waals surface area contributed by atoms with Gasteiger partial charge in [0, 0.05) is 0 Å². The van der Waals surface area contributed by atoms with E-state index in [1.807, 2.05) is 0 Å². The van der Waals surface area contributed by atoms with Crippen LogP contribution in [0.5, 0.6) is 0 Å². The fourth-order valence-corrected chi connectivity index (χ4v) is 2.17. The summed E-state index contributed by atoms with van der Waals surface area (Å²) in [5.74, 6) is 0.134. The van der Waals surface area contributed by atoms with E-state index in [0.717, 1.165) is 0 Å². The van der Waals surface area contributed by atoms with Gasteiger partial charge in [0.25, 0.3) is 0 Å². The summed E-state index contributed by atoms with van der Waals surface area (Å²) in [7, 11) is 0. The maximum atomic E-state index is 11.4.